The summed E-state index contributed by atoms with van der Waals surface area (Å²) in [6.45, 7) is 1.41. The minimum absolute atomic E-state index is 0.0621. The van der Waals surface area contributed by atoms with Gasteiger partial charge in [-0.15, -0.1) is 11.3 Å². The molecule has 1 aromatic heterocycles. The SMILES string of the molecule is COc1ccc(C(=O)OCc2csc(N(C(C)=O)c3ccccc3)n2)c(OC)c1OC. The van der Waals surface area contributed by atoms with Crippen LogP contribution in [-0.4, -0.2) is 38.2 Å². The van der Waals surface area contributed by atoms with E-state index in [4.69, 9.17) is 18.9 Å². The van der Waals surface area contributed by atoms with Crippen molar-refractivity contribution in [2.75, 3.05) is 26.2 Å². The fourth-order valence-corrected chi connectivity index (χ4v) is 3.82. The van der Waals surface area contributed by atoms with Crippen molar-refractivity contribution in [2.24, 2.45) is 0 Å². The Morgan fingerprint density at radius 2 is 1.68 bits per heavy atom. The number of aromatic nitrogens is 1. The molecule has 8 nitrogen and oxygen atoms in total. The molecule has 3 rings (SSSR count). The molecule has 0 aliphatic rings. The molecule has 0 aliphatic heterocycles. The van der Waals surface area contributed by atoms with Gasteiger partial charge in [-0.1, -0.05) is 18.2 Å². The summed E-state index contributed by atoms with van der Waals surface area (Å²) in [5.41, 5.74) is 1.43. The van der Waals surface area contributed by atoms with Crippen molar-refractivity contribution in [1.82, 2.24) is 4.98 Å². The number of amides is 1. The molecular formula is C22H22N2O6S. The van der Waals surface area contributed by atoms with Gasteiger partial charge in [0.25, 0.3) is 0 Å². The van der Waals surface area contributed by atoms with E-state index in [0.29, 0.717) is 28.0 Å². The number of benzene rings is 2. The minimum atomic E-state index is -0.598. The van der Waals surface area contributed by atoms with Crippen LogP contribution in [0.3, 0.4) is 0 Å². The standard InChI is InChI=1S/C22H22N2O6S/c1-14(25)24(16-8-6-5-7-9-16)22-23-15(13-31-22)12-30-21(26)17-10-11-18(27-2)20(29-4)19(17)28-3/h5-11,13H,12H2,1-4H3. The van der Waals surface area contributed by atoms with Crippen LogP contribution in [0.4, 0.5) is 10.8 Å². The Balaban J connectivity index is 1.76. The summed E-state index contributed by atoms with van der Waals surface area (Å²) in [6, 6.07) is 12.4. The summed E-state index contributed by atoms with van der Waals surface area (Å²) in [4.78, 5) is 30.8. The second kappa shape index (κ2) is 9.94. The van der Waals surface area contributed by atoms with Gasteiger partial charge in [0.15, 0.2) is 16.6 Å². The number of esters is 1. The molecule has 0 atom stereocenters. The molecule has 0 N–H and O–H groups in total. The van der Waals surface area contributed by atoms with Crippen LogP contribution in [0.5, 0.6) is 17.2 Å². The number of thiazole rings is 1. The third-order valence-corrected chi connectivity index (χ3v) is 5.21. The van der Waals surface area contributed by atoms with Crippen LogP contribution < -0.4 is 19.1 Å². The second-order valence-electron chi connectivity index (χ2n) is 6.27. The van der Waals surface area contributed by atoms with Crippen molar-refractivity contribution < 1.29 is 28.5 Å². The molecule has 0 saturated carbocycles. The van der Waals surface area contributed by atoms with Gasteiger partial charge in [-0.25, -0.2) is 9.78 Å². The molecule has 0 fully saturated rings. The van der Waals surface area contributed by atoms with E-state index < -0.39 is 5.97 Å². The molecule has 0 spiro atoms. The molecule has 1 amide bonds. The molecule has 3 aromatic rings. The maximum Gasteiger partial charge on any atom is 0.342 e. The Labute approximate surface area is 183 Å². The van der Waals surface area contributed by atoms with Crippen molar-refractivity contribution in [3.8, 4) is 17.2 Å². The lowest BCUT2D eigenvalue weighted by Crippen LogP contribution is -2.22. The van der Waals surface area contributed by atoms with Gasteiger partial charge in [-0.05, 0) is 24.3 Å². The van der Waals surface area contributed by atoms with Crippen LogP contribution in [0.1, 0.15) is 23.0 Å². The predicted molar refractivity (Wildman–Crippen MR) is 117 cm³/mol. The lowest BCUT2D eigenvalue weighted by molar-refractivity contribution is -0.115. The first-order valence-electron chi connectivity index (χ1n) is 9.26. The summed E-state index contributed by atoms with van der Waals surface area (Å²) in [6.07, 6.45) is 0. The average Bonchev–Trinajstić information content (AvgIpc) is 3.25. The summed E-state index contributed by atoms with van der Waals surface area (Å²) in [5.74, 6) is 0.191. The van der Waals surface area contributed by atoms with E-state index in [2.05, 4.69) is 4.98 Å². The van der Waals surface area contributed by atoms with E-state index in [9.17, 15) is 9.59 Å². The molecule has 0 aliphatic carbocycles. The summed E-state index contributed by atoms with van der Waals surface area (Å²) in [5, 5.41) is 2.24. The number of para-hydroxylation sites is 1. The molecule has 1 heterocycles. The van der Waals surface area contributed by atoms with Gasteiger partial charge in [-0.3, -0.25) is 9.69 Å². The molecule has 0 unspecified atom stereocenters. The first-order chi connectivity index (χ1) is 15.0. The molecule has 0 bridgehead atoms. The number of hydrogen-bond donors (Lipinski definition) is 0. The van der Waals surface area contributed by atoms with Crippen LogP contribution in [-0.2, 0) is 16.1 Å². The van der Waals surface area contributed by atoms with Crippen LogP contribution in [0.2, 0.25) is 0 Å². The van der Waals surface area contributed by atoms with Gasteiger partial charge >= 0.3 is 5.97 Å². The van der Waals surface area contributed by atoms with Crippen LogP contribution in [0.25, 0.3) is 0 Å². The molecule has 9 heteroatoms. The predicted octanol–water partition coefficient (Wildman–Crippen LogP) is 4.21. The minimum Gasteiger partial charge on any atom is -0.493 e. The van der Waals surface area contributed by atoms with Gasteiger partial charge in [0.2, 0.25) is 11.7 Å². The largest absolute Gasteiger partial charge is 0.493 e. The topological polar surface area (TPSA) is 87.2 Å². The average molecular weight is 442 g/mol. The molecule has 0 saturated heterocycles. The zero-order chi connectivity index (χ0) is 22.4. The lowest BCUT2D eigenvalue weighted by Gasteiger charge is -2.17. The number of ether oxygens (including phenoxy) is 4. The highest BCUT2D eigenvalue weighted by Crippen LogP contribution is 2.40. The zero-order valence-electron chi connectivity index (χ0n) is 17.6. The van der Waals surface area contributed by atoms with Gasteiger partial charge in [0, 0.05) is 12.3 Å². The molecular weight excluding hydrogens is 420 g/mol. The maximum absolute atomic E-state index is 12.6. The number of anilines is 2. The van der Waals surface area contributed by atoms with Crippen LogP contribution in [0.15, 0.2) is 47.8 Å². The summed E-state index contributed by atoms with van der Waals surface area (Å²) in [7, 11) is 4.38. The summed E-state index contributed by atoms with van der Waals surface area (Å²) >= 11 is 1.29. The number of carbonyl (C=O) groups excluding carboxylic acids is 2. The quantitative estimate of drug-likeness (QED) is 0.483. The number of nitrogens with zero attached hydrogens (tertiary/aromatic N) is 2. The highest BCUT2D eigenvalue weighted by atomic mass is 32.1. The van der Waals surface area contributed by atoms with Gasteiger partial charge in [0.1, 0.15) is 12.2 Å². The lowest BCUT2D eigenvalue weighted by atomic mass is 10.1. The van der Waals surface area contributed by atoms with E-state index in [0.717, 1.165) is 0 Å². The van der Waals surface area contributed by atoms with Crippen molar-refractivity contribution in [3.05, 3.63) is 59.1 Å². The number of hydrogen-bond acceptors (Lipinski definition) is 8. The Morgan fingerprint density at radius 3 is 2.29 bits per heavy atom. The second-order valence-corrected chi connectivity index (χ2v) is 7.11. The number of methoxy groups -OCH3 is 3. The third kappa shape index (κ3) is 4.77. The van der Waals surface area contributed by atoms with E-state index in [1.807, 2.05) is 30.3 Å². The number of carbonyl (C=O) groups is 2. The van der Waals surface area contributed by atoms with Crippen molar-refractivity contribution in [3.63, 3.8) is 0 Å². The van der Waals surface area contributed by atoms with E-state index >= 15 is 0 Å². The first kappa shape index (κ1) is 22.1. The Bertz CT molecular complexity index is 1070. The zero-order valence-corrected chi connectivity index (χ0v) is 18.4. The van der Waals surface area contributed by atoms with Crippen LogP contribution >= 0.6 is 11.3 Å². The molecule has 0 radical (unpaired) electrons. The van der Waals surface area contributed by atoms with Crippen molar-refractivity contribution in [1.29, 1.82) is 0 Å². The highest BCUT2D eigenvalue weighted by molar-refractivity contribution is 7.14. The van der Waals surface area contributed by atoms with E-state index in [1.54, 1.807) is 17.5 Å². The van der Waals surface area contributed by atoms with E-state index in [1.165, 1.54) is 44.5 Å². The van der Waals surface area contributed by atoms with Gasteiger partial charge < -0.3 is 18.9 Å². The molecule has 2 aromatic carbocycles. The van der Waals surface area contributed by atoms with Crippen molar-refractivity contribution in [2.45, 2.75) is 13.5 Å². The van der Waals surface area contributed by atoms with Gasteiger partial charge in [0.05, 0.1) is 32.7 Å². The smallest absolute Gasteiger partial charge is 0.342 e. The maximum atomic E-state index is 12.6. The Morgan fingerprint density at radius 1 is 0.968 bits per heavy atom. The summed E-state index contributed by atoms with van der Waals surface area (Å²) < 4.78 is 21.3. The Hall–Kier alpha value is -3.59. The van der Waals surface area contributed by atoms with Gasteiger partial charge in [-0.2, -0.15) is 0 Å². The fraction of sp³-hybridized carbons (Fsp3) is 0.227. The molecule has 31 heavy (non-hydrogen) atoms. The number of rotatable bonds is 8. The third-order valence-electron chi connectivity index (χ3n) is 4.34. The first-order valence-corrected chi connectivity index (χ1v) is 10.1. The van der Waals surface area contributed by atoms with Crippen molar-refractivity contribution >= 4 is 34.0 Å². The Kier molecular flexibility index (Phi) is 7.09. The normalized spacial score (nSPS) is 10.3. The van der Waals surface area contributed by atoms with E-state index in [-0.39, 0.29) is 23.8 Å². The van der Waals surface area contributed by atoms with Crippen LogP contribution in [0, 0.1) is 0 Å². The monoisotopic (exact) mass is 442 g/mol. The highest BCUT2D eigenvalue weighted by Gasteiger charge is 2.23. The molecule has 162 valence electrons. The fourth-order valence-electron chi connectivity index (χ4n) is 2.95.